The Labute approximate surface area is 118 Å². The molecule has 1 rings (SSSR count). The average molecular weight is 287 g/mol. The summed E-state index contributed by atoms with van der Waals surface area (Å²) in [5, 5.41) is 0. The Morgan fingerprint density at radius 2 is 2.10 bits per heavy atom. The van der Waals surface area contributed by atoms with Gasteiger partial charge < -0.3 is 9.47 Å². The molecule has 1 heterocycles. The minimum Gasteiger partial charge on any atom is -0.467 e. The third-order valence-corrected chi connectivity index (χ3v) is 3.12. The first-order valence-electron chi connectivity index (χ1n) is 6.50. The second-order valence-electron chi connectivity index (χ2n) is 5.91. The van der Waals surface area contributed by atoms with Crippen LogP contribution in [0.25, 0.3) is 0 Å². The Morgan fingerprint density at radius 1 is 1.50 bits per heavy atom. The molecule has 1 aliphatic heterocycles. The zero-order chi connectivity index (χ0) is 15.6. The van der Waals surface area contributed by atoms with Gasteiger partial charge >= 0.3 is 12.1 Å². The molecule has 2 atom stereocenters. The molecule has 0 spiro atoms. The van der Waals surface area contributed by atoms with Crippen molar-refractivity contribution in [2.24, 2.45) is 0 Å². The van der Waals surface area contributed by atoms with E-state index in [-0.39, 0.29) is 19.4 Å². The Bertz CT molecular complexity index is 404. The molecule has 1 aliphatic rings. The van der Waals surface area contributed by atoms with Gasteiger partial charge in [0.15, 0.2) is 0 Å². The van der Waals surface area contributed by atoms with E-state index in [0.717, 1.165) is 4.90 Å². The van der Waals surface area contributed by atoms with Crippen LogP contribution in [-0.4, -0.2) is 47.9 Å². The van der Waals surface area contributed by atoms with Crippen LogP contribution in [0.1, 0.15) is 33.6 Å². The van der Waals surface area contributed by atoms with Gasteiger partial charge in [0.05, 0.1) is 13.7 Å². The number of carbonyl (C=O) groups excluding carboxylic acids is 2. The van der Waals surface area contributed by atoms with Crippen LogP contribution in [0.2, 0.25) is 0 Å². The van der Waals surface area contributed by atoms with Gasteiger partial charge in [-0.2, -0.15) is 0 Å². The molecule has 0 aromatic rings. The monoisotopic (exact) mass is 287 g/mol. The third kappa shape index (κ3) is 3.29. The van der Waals surface area contributed by atoms with Crippen molar-refractivity contribution >= 4 is 12.1 Å². The topological polar surface area (TPSA) is 55.8 Å². The number of likely N-dealkylation sites (tertiary alicyclic amines) is 1. The van der Waals surface area contributed by atoms with Crippen molar-refractivity contribution in [3.63, 3.8) is 0 Å². The minimum absolute atomic E-state index is 0.106. The lowest BCUT2D eigenvalue weighted by molar-refractivity contribution is -0.153. The van der Waals surface area contributed by atoms with E-state index in [9.17, 15) is 14.0 Å². The lowest BCUT2D eigenvalue weighted by Crippen LogP contribution is -2.54. The average Bonchev–Trinajstić information content (AvgIpc) is 2.65. The number of carbonyl (C=O) groups is 2. The van der Waals surface area contributed by atoms with Gasteiger partial charge in [0, 0.05) is 6.42 Å². The number of methoxy groups -OCH3 is 1. The largest absolute Gasteiger partial charge is 0.467 e. The molecule has 0 N–H and O–H groups in total. The Hall–Kier alpha value is -1.59. The first kappa shape index (κ1) is 16.5. The van der Waals surface area contributed by atoms with Crippen molar-refractivity contribution in [2.75, 3.05) is 13.7 Å². The first-order valence-corrected chi connectivity index (χ1v) is 6.50. The van der Waals surface area contributed by atoms with Crippen LogP contribution in [0.5, 0.6) is 0 Å². The highest BCUT2D eigenvalue weighted by atomic mass is 19.1. The van der Waals surface area contributed by atoms with Crippen LogP contribution >= 0.6 is 0 Å². The van der Waals surface area contributed by atoms with Gasteiger partial charge in [-0.1, -0.05) is 6.08 Å². The lowest BCUT2D eigenvalue weighted by atomic mass is 9.92. The summed E-state index contributed by atoms with van der Waals surface area (Å²) in [7, 11) is 1.21. The summed E-state index contributed by atoms with van der Waals surface area (Å²) in [4.78, 5) is 25.4. The highest BCUT2D eigenvalue weighted by Gasteiger charge is 2.55. The molecule has 0 aromatic carbocycles. The molecule has 0 aromatic heterocycles. The van der Waals surface area contributed by atoms with Crippen molar-refractivity contribution < 1.29 is 23.5 Å². The molecule has 20 heavy (non-hydrogen) atoms. The molecule has 114 valence electrons. The van der Waals surface area contributed by atoms with Crippen LogP contribution < -0.4 is 0 Å². The summed E-state index contributed by atoms with van der Waals surface area (Å²) in [5.74, 6) is -0.650. The van der Waals surface area contributed by atoms with Crippen molar-refractivity contribution in [1.82, 2.24) is 4.90 Å². The Balaban J connectivity index is 3.09. The third-order valence-electron chi connectivity index (χ3n) is 3.12. The van der Waals surface area contributed by atoms with Gasteiger partial charge in [-0.25, -0.2) is 14.0 Å². The predicted octanol–water partition coefficient (Wildman–Crippen LogP) is 2.45. The molecule has 6 heteroatoms. The summed E-state index contributed by atoms with van der Waals surface area (Å²) in [6.45, 7) is 8.52. The van der Waals surface area contributed by atoms with Crippen molar-refractivity contribution in [2.45, 2.75) is 50.9 Å². The van der Waals surface area contributed by atoms with Crippen LogP contribution in [0.4, 0.5) is 9.18 Å². The second-order valence-corrected chi connectivity index (χ2v) is 5.91. The van der Waals surface area contributed by atoms with Gasteiger partial charge in [-0.3, -0.25) is 4.90 Å². The van der Waals surface area contributed by atoms with E-state index in [2.05, 4.69) is 6.58 Å². The first-order chi connectivity index (χ1) is 9.16. The van der Waals surface area contributed by atoms with Gasteiger partial charge in [0.1, 0.15) is 17.3 Å². The zero-order valence-corrected chi connectivity index (χ0v) is 12.4. The summed E-state index contributed by atoms with van der Waals surface area (Å²) in [6.07, 6.45) is -0.511. The number of amides is 1. The maximum absolute atomic E-state index is 13.8. The van der Waals surface area contributed by atoms with E-state index in [1.54, 1.807) is 20.8 Å². The normalized spacial score (nSPS) is 26.2. The molecule has 1 amide bonds. The maximum Gasteiger partial charge on any atom is 0.411 e. The number of hydrogen-bond acceptors (Lipinski definition) is 4. The van der Waals surface area contributed by atoms with Gasteiger partial charge in [0.2, 0.25) is 0 Å². The quantitative estimate of drug-likeness (QED) is 0.591. The number of alkyl halides is 1. The lowest BCUT2D eigenvalue weighted by Gasteiger charge is -2.35. The molecule has 0 saturated carbocycles. The Kier molecular flexibility index (Phi) is 4.78. The van der Waals surface area contributed by atoms with Crippen LogP contribution in [-0.2, 0) is 14.3 Å². The number of ether oxygens (including phenoxy) is 2. The summed E-state index contributed by atoms with van der Waals surface area (Å²) in [5.41, 5.74) is -2.08. The standard InChI is InChI=1S/C14H22FNO4/c1-6-7-14(11(17)19-5)8-10(15)9-16(14)12(18)20-13(2,3)4/h6,10H,1,7-9H2,2-5H3/t10-,14-/m0/s1. The molecule has 0 radical (unpaired) electrons. The van der Waals surface area contributed by atoms with Crippen LogP contribution in [0.3, 0.4) is 0 Å². The number of rotatable bonds is 3. The molecule has 5 nitrogen and oxygen atoms in total. The molecule has 0 aliphatic carbocycles. The van der Waals surface area contributed by atoms with Crippen LogP contribution in [0, 0.1) is 0 Å². The molecular formula is C14H22FNO4. The van der Waals surface area contributed by atoms with Gasteiger partial charge in [0.25, 0.3) is 0 Å². The fourth-order valence-corrected chi connectivity index (χ4v) is 2.38. The SMILES string of the molecule is C=CC[C@@]1(C(=O)OC)C[C@H](F)CN1C(=O)OC(C)(C)C. The molecule has 1 fully saturated rings. The fraction of sp³-hybridized carbons (Fsp3) is 0.714. The van der Waals surface area contributed by atoms with Gasteiger partial charge in [-0.15, -0.1) is 6.58 Å². The second kappa shape index (κ2) is 5.81. The zero-order valence-electron chi connectivity index (χ0n) is 12.4. The number of nitrogens with zero attached hydrogens (tertiary/aromatic N) is 1. The van der Waals surface area contributed by atoms with E-state index in [0.29, 0.717) is 0 Å². The van der Waals surface area contributed by atoms with E-state index in [1.165, 1.54) is 13.2 Å². The summed E-state index contributed by atoms with van der Waals surface area (Å²) in [6, 6.07) is 0. The summed E-state index contributed by atoms with van der Waals surface area (Å²) >= 11 is 0. The fourth-order valence-electron chi connectivity index (χ4n) is 2.38. The van der Waals surface area contributed by atoms with Gasteiger partial charge in [-0.05, 0) is 27.2 Å². The molecule has 0 unspecified atom stereocenters. The highest BCUT2D eigenvalue weighted by molar-refractivity contribution is 5.87. The van der Waals surface area contributed by atoms with Crippen molar-refractivity contribution in [1.29, 1.82) is 0 Å². The maximum atomic E-state index is 13.8. The molecule has 0 bridgehead atoms. The van der Waals surface area contributed by atoms with Crippen molar-refractivity contribution in [3.05, 3.63) is 12.7 Å². The summed E-state index contributed by atoms with van der Waals surface area (Å²) < 4.78 is 23.8. The van der Waals surface area contributed by atoms with E-state index in [4.69, 9.17) is 9.47 Å². The van der Waals surface area contributed by atoms with Crippen molar-refractivity contribution in [3.8, 4) is 0 Å². The minimum atomic E-state index is -1.36. The number of esters is 1. The van der Waals surface area contributed by atoms with Crippen LogP contribution in [0.15, 0.2) is 12.7 Å². The number of halogens is 1. The smallest absolute Gasteiger partial charge is 0.411 e. The number of hydrogen-bond donors (Lipinski definition) is 0. The van der Waals surface area contributed by atoms with E-state index < -0.39 is 29.4 Å². The van der Waals surface area contributed by atoms with E-state index >= 15 is 0 Å². The Morgan fingerprint density at radius 3 is 2.55 bits per heavy atom. The van der Waals surface area contributed by atoms with E-state index in [1.807, 2.05) is 0 Å². The predicted molar refractivity (Wildman–Crippen MR) is 72.0 cm³/mol. The molecular weight excluding hydrogens is 265 g/mol. The molecule has 1 saturated heterocycles. The highest BCUT2D eigenvalue weighted by Crippen LogP contribution is 2.36.